The summed E-state index contributed by atoms with van der Waals surface area (Å²) in [5.74, 6) is -0.676. The van der Waals surface area contributed by atoms with Crippen molar-refractivity contribution in [2.75, 3.05) is 16.8 Å². The average molecular weight is 336 g/mol. The highest BCUT2D eigenvalue weighted by molar-refractivity contribution is 7.99. The van der Waals surface area contributed by atoms with E-state index in [9.17, 15) is 18.4 Å². The lowest BCUT2D eigenvalue weighted by molar-refractivity contribution is 0.102. The molecule has 1 heterocycles. The SMILES string of the molecule is C#CCSc1nc(N)c(NC(=O)c2ccc(F)c(F)c2)c(=O)[nH]1. The lowest BCUT2D eigenvalue weighted by atomic mass is 10.2. The van der Waals surface area contributed by atoms with Gasteiger partial charge in [0.15, 0.2) is 22.6 Å². The number of terminal acetylenes is 1. The number of nitrogen functional groups attached to an aromatic ring is 1. The molecule has 0 saturated carbocycles. The number of nitrogens with zero attached hydrogens (tertiary/aromatic N) is 1. The van der Waals surface area contributed by atoms with Crippen LogP contribution in [-0.4, -0.2) is 21.6 Å². The standard InChI is InChI=1S/C14H10F2N4O2S/c1-2-5-23-14-19-11(17)10(13(22)20-14)18-12(21)7-3-4-8(15)9(16)6-7/h1,3-4,6H,5H2,(H,18,21)(H3,17,19,20,22). The molecule has 1 amide bonds. The highest BCUT2D eigenvalue weighted by atomic mass is 32.2. The number of rotatable bonds is 4. The molecule has 1 aromatic heterocycles. The Kier molecular flexibility index (Phi) is 4.98. The topological polar surface area (TPSA) is 101 Å². The Balaban J connectivity index is 2.26. The van der Waals surface area contributed by atoms with Crippen molar-refractivity contribution in [1.82, 2.24) is 9.97 Å². The lowest BCUT2D eigenvalue weighted by Gasteiger charge is -2.08. The van der Waals surface area contributed by atoms with E-state index in [2.05, 4.69) is 21.2 Å². The van der Waals surface area contributed by atoms with Gasteiger partial charge in [-0.1, -0.05) is 17.7 Å². The summed E-state index contributed by atoms with van der Waals surface area (Å²) < 4.78 is 26.0. The Labute approximate surface area is 133 Å². The van der Waals surface area contributed by atoms with Gasteiger partial charge in [-0.3, -0.25) is 14.6 Å². The molecule has 0 saturated heterocycles. The van der Waals surface area contributed by atoms with Gasteiger partial charge >= 0.3 is 0 Å². The van der Waals surface area contributed by atoms with Gasteiger partial charge < -0.3 is 11.1 Å². The molecule has 23 heavy (non-hydrogen) atoms. The first-order valence-electron chi connectivity index (χ1n) is 6.15. The molecule has 0 aliphatic heterocycles. The predicted octanol–water partition coefficient (Wildman–Crippen LogP) is 1.61. The summed E-state index contributed by atoms with van der Waals surface area (Å²) in [6.07, 6.45) is 5.10. The summed E-state index contributed by atoms with van der Waals surface area (Å²) in [7, 11) is 0. The van der Waals surface area contributed by atoms with Crippen molar-refractivity contribution < 1.29 is 13.6 Å². The number of aromatic amines is 1. The number of anilines is 2. The van der Waals surface area contributed by atoms with Crippen LogP contribution in [0.15, 0.2) is 28.2 Å². The van der Waals surface area contributed by atoms with Crippen molar-refractivity contribution in [3.05, 3.63) is 45.8 Å². The number of hydrogen-bond acceptors (Lipinski definition) is 5. The van der Waals surface area contributed by atoms with Crippen molar-refractivity contribution in [3.63, 3.8) is 0 Å². The third kappa shape index (κ3) is 3.87. The van der Waals surface area contributed by atoms with E-state index in [1.165, 1.54) is 0 Å². The van der Waals surface area contributed by atoms with Crippen LogP contribution in [0, 0.1) is 24.0 Å². The van der Waals surface area contributed by atoms with E-state index in [1.807, 2.05) is 0 Å². The Hall–Kier alpha value is -2.86. The van der Waals surface area contributed by atoms with E-state index in [0.717, 1.165) is 23.9 Å². The molecular formula is C14H10F2N4O2S. The van der Waals surface area contributed by atoms with Crippen LogP contribution in [0.2, 0.25) is 0 Å². The molecular weight excluding hydrogens is 326 g/mol. The number of halogens is 2. The van der Waals surface area contributed by atoms with Crippen LogP contribution in [-0.2, 0) is 0 Å². The minimum absolute atomic E-state index is 0.173. The fourth-order valence-electron chi connectivity index (χ4n) is 1.59. The second-order valence-corrected chi connectivity index (χ2v) is 5.17. The summed E-state index contributed by atoms with van der Waals surface area (Å²) >= 11 is 1.09. The fourth-order valence-corrected chi connectivity index (χ4v) is 2.14. The number of carbonyl (C=O) groups is 1. The molecule has 0 bridgehead atoms. The molecule has 2 aromatic rings. The number of nitrogens with one attached hydrogen (secondary N) is 2. The maximum atomic E-state index is 13.1. The number of hydrogen-bond donors (Lipinski definition) is 3. The zero-order valence-corrected chi connectivity index (χ0v) is 12.3. The van der Waals surface area contributed by atoms with Gasteiger partial charge in [0.1, 0.15) is 5.69 Å². The minimum atomic E-state index is -1.18. The van der Waals surface area contributed by atoms with E-state index in [0.29, 0.717) is 6.07 Å². The molecule has 6 nitrogen and oxygen atoms in total. The molecule has 2 rings (SSSR count). The highest BCUT2D eigenvalue weighted by Crippen LogP contribution is 2.17. The number of aromatic nitrogens is 2. The number of nitrogens with two attached hydrogens (primary N) is 1. The van der Waals surface area contributed by atoms with Crippen LogP contribution < -0.4 is 16.6 Å². The largest absolute Gasteiger partial charge is 0.382 e. The number of carbonyl (C=O) groups excluding carboxylic acids is 1. The second-order valence-electron chi connectivity index (χ2n) is 4.21. The van der Waals surface area contributed by atoms with E-state index in [-0.39, 0.29) is 28.0 Å². The van der Waals surface area contributed by atoms with E-state index < -0.39 is 23.1 Å². The number of benzene rings is 1. The summed E-state index contributed by atoms with van der Waals surface area (Å²) in [6.45, 7) is 0. The molecule has 0 radical (unpaired) electrons. The normalized spacial score (nSPS) is 10.1. The molecule has 0 atom stereocenters. The molecule has 1 aromatic carbocycles. The van der Waals surface area contributed by atoms with E-state index >= 15 is 0 Å². The fraction of sp³-hybridized carbons (Fsp3) is 0.0714. The number of amides is 1. The highest BCUT2D eigenvalue weighted by Gasteiger charge is 2.15. The lowest BCUT2D eigenvalue weighted by Crippen LogP contribution is -2.23. The van der Waals surface area contributed by atoms with E-state index in [4.69, 9.17) is 12.2 Å². The maximum absolute atomic E-state index is 13.1. The molecule has 0 fully saturated rings. The van der Waals surface area contributed by atoms with Crippen molar-refractivity contribution in [3.8, 4) is 12.3 Å². The quantitative estimate of drug-likeness (QED) is 0.447. The van der Waals surface area contributed by atoms with Gasteiger partial charge in [0.2, 0.25) is 0 Å². The monoisotopic (exact) mass is 336 g/mol. The van der Waals surface area contributed by atoms with Crippen LogP contribution in [0.1, 0.15) is 10.4 Å². The van der Waals surface area contributed by atoms with Crippen molar-refractivity contribution >= 4 is 29.2 Å². The number of thioether (sulfide) groups is 1. The molecule has 9 heteroatoms. The van der Waals surface area contributed by atoms with Gasteiger partial charge in [0.25, 0.3) is 11.5 Å². The van der Waals surface area contributed by atoms with Gasteiger partial charge in [-0.2, -0.15) is 0 Å². The Morgan fingerprint density at radius 1 is 1.43 bits per heavy atom. The van der Waals surface area contributed by atoms with Gasteiger partial charge in [-0.15, -0.1) is 6.42 Å². The first-order chi connectivity index (χ1) is 10.9. The summed E-state index contributed by atoms with van der Waals surface area (Å²) in [4.78, 5) is 30.2. The van der Waals surface area contributed by atoms with Crippen LogP contribution in [0.5, 0.6) is 0 Å². The van der Waals surface area contributed by atoms with Crippen LogP contribution in [0.25, 0.3) is 0 Å². The Morgan fingerprint density at radius 2 is 2.17 bits per heavy atom. The first kappa shape index (κ1) is 16.5. The number of H-pyrrole nitrogens is 1. The van der Waals surface area contributed by atoms with Gasteiger partial charge in [0, 0.05) is 5.56 Å². The van der Waals surface area contributed by atoms with Crippen LogP contribution in [0.4, 0.5) is 20.3 Å². The predicted molar refractivity (Wildman–Crippen MR) is 83.1 cm³/mol. The van der Waals surface area contributed by atoms with Gasteiger partial charge in [-0.05, 0) is 18.2 Å². The van der Waals surface area contributed by atoms with E-state index in [1.54, 1.807) is 0 Å². The smallest absolute Gasteiger partial charge is 0.277 e. The molecule has 0 unspecified atom stereocenters. The Bertz CT molecular complexity index is 861. The van der Waals surface area contributed by atoms with Crippen molar-refractivity contribution in [2.45, 2.75) is 5.16 Å². The summed E-state index contributed by atoms with van der Waals surface area (Å²) in [6, 6.07) is 2.58. The Morgan fingerprint density at radius 3 is 2.78 bits per heavy atom. The molecule has 0 aliphatic rings. The van der Waals surface area contributed by atoms with Crippen LogP contribution in [0.3, 0.4) is 0 Å². The van der Waals surface area contributed by atoms with Crippen LogP contribution >= 0.6 is 11.8 Å². The molecule has 4 N–H and O–H groups in total. The third-order valence-corrected chi connectivity index (χ3v) is 3.42. The third-order valence-electron chi connectivity index (χ3n) is 2.64. The van der Waals surface area contributed by atoms with Gasteiger partial charge in [0.05, 0.1) is 5.75 Å². The van der Waals surface area contributed by atoms with Crippen molar-refractivity contribution in [2.24, 2.45) is 0 Å². The minimum Gasteiger partial charge on any atom is -0.382 e. The second kappa shape index (κ2) is 6.93. The molecule has 118 valence electrons. The zero-order chi connectivity index (χ0) is 17.0. The van der Waals surface area contributed by atoms with Crippen molar-refractivity contribution in [1.29, 1.82) is 0 Å². The first-order valence-corrected chi connectivity index (χ1v) is 7.13. The summed E-state index contributed by atoms with van der Waals surface area (Å²) in [5, 5.41) is 2.42. The average Bonchev–Trinajstić information content (AvgIpc) is 2.51. The zero-order valence-electron chi connectivity index (χ0n) is 11.5. The molecule has 0 aliphatic carbocycles. The molecule has 0 spiro atoms. The summed E-state index contributed by atoms with van der Waals surface area (Å²) in [5.41, 5.74) is 4.48. The van der Waals surface area contributed by atoms with Gasteiger partial charge in [-0.25, -0.2) is 13.8 Å². The maximum Gasteiger partial charge on any atom is 0.277 e.